The zero-order valence-electron chi connectivity index (χ0n) is 7.43. The van der Waals surface area contributed by atoms with Crippen LogP contribution in [0.3, 0.4) is 0 Å². The van der Waals surface area contributed by atoms with Crippen molar-refractivity contribution in [3.63, 3.8) is 0 Å². The fourth-order valence-electron chi connectivity index (χ4n) is 1.76. The van der Waals surface area contributed by atoms with Gasteiger partial charge >= 0.3 is 0 Å². The van der Waals surface area contributed by atoms with E-state index in [2.05, 4.69) is 10.6 Å². The molecule has 3 nitrogen and oxygen atoms in total. The van der Waals surface area contributed by atoms with Gasteiger partial charge in [-0.3, -0.25) is 4.79 Å². The predicted octanol–water partition coefficient (Wildman–Crippen LogP) is 2.24. The van der Waals surface area contributed by atoms with Crippen LogP contribution >= 0.6 is 11.6 Å². The second-order valence-electron chi connectivity index (χ2n) is 3.85. The maximum Gasteiger partial charge on any atom is 0.250 e. The van der Waals surface area contributed by atoms with Crippen LogP contribution in [0.5, 0.6) is 0 Å². The largest absolute Gasteiger partial charge is 0.369 e. The molecule has 14 heavy (non-hydrogen) atoms. The van der Waals surface area contributed by atoms with Gasteiger partial charge in [0, 0.05) is 5.02 Å². The molecule has 72 valence electrons. The van der Waals surface area contributed by atoms with Gasteiger partial charge < -0.3 is 10.6 Å². The summed E-state index contributed by atoms with van der Waals surface area (Å²) in [6.45, 7) is 0. The summed E-state index contributed by atoms with van der Waals surface area (Å²) in [7, 11) is 0. The Morgan fingerprint density at radius 3 is 2.79 bits per heavy atom. The van der Waals surface area contributed by atoms with Gasteiger partial charge in [0.25, 0.3) is 0 Å². The molecule has 1 amide bonds. The third kappa shape index (κ3) is 1.02. The molecule has 1 aliphatic carbocycles. The van der Waals surface area contributed by atoms with Gasteiger partial charge in [0.1, 0.15) is 5.54 Å². The van der Waals surface area contributed by atoms with Gasteiger partial charge in [0.05, 0.1) is 11.4 Å². The first kappa shape index (κ1) is 8.12. The Kier molecular flexibility index (Phi) is 1.40. The highest BCUT2D eigenvalue weighted by Gasteiger charge is 2.52. The van der Waals surface area contributed by atoms with Crippen molar-refractivity contribution in [2.45, 2.75) is 18.4 Å². The normalized spacial score (nSPS) is 21.1. The van der Waals surface area contributed by atoms with E-state index in [1.165, 1.54) is 0 Å². The van der Waals surface area contributed by atoms with Gasteiger partial charge in [0.2, 0.25) is 5.91 Å². The standard InChI is InChI=1S/C10H9ClN2O/c11-6-1-2-7-8(5-6)13-10(3-4-10)9(14)12-7/h1-2,5,13H,3-4H2,(H,12,14). The Morgan fingerprint density at radius 2 is 2.07 bits per heavy atom. The van der Waals surface area contributed by atoms with E-state index in [0.717, 1.165) is 24.2 Å². The lowest BCUT2D eigenvalue weighted by atomic mass is 10.1. The highest BCUT2D eigenvalue weighted by atomic mass is 35.5. The summed E-state index contributed by atoms with van der Waals surface area (Å²) in [5, 5.41) is 6.80. The van der Waals surface area contributed by atoms with Crippen molar-refractivity contribution in [1.29, 1.82) is 0 Å². The van der Waals surface area contributed by atoms with Gasteiger partial charge in [0.15, 0.2) is 0 Å². The minimum absolute atomic E-state index is 0.0762. The molecular formula is C10H9ClN2O. The molecule has 1 saturated carbocycles. The van der Waals surface area contributed by atoms with E-state index in [0.29, 0.717) is 5.02 Å². The summed E-state index contributed by atoms with van der Waals surface area (Å²) in [6.07, 6.45) is 1.82. The highest BCUT2D eigenvalue weighted by molar-refractivity contribution is 6.31. The molecule has 2 aliphatic rings. The van der Waals surface area contributed by atoms with E-state index < -0.39 is 0 Å². The average molecular weight is 209 g/mol. The van der Waals surface area contributed by atoms with Gasteiger partial charge in [-0.2, -0.15) is 0 Å². The topological polar surface area (TPSA) is 41.1 Å². The summed E-state index contributed by atoms with van der Waals surface area (Å²) < 4.78 is 0. The monoisotopic (exact) mass is 208 g/mol. The van der Waals surface area contributed by atoms with E-state index in [1.54, 1.807) is 6.07 Å². The second kappa shape index (κ2) is 2.42. The Morgan fingerprint density at radius 1 is 1.29 bits per heavy atom. The van der Waals surface area contributed by atoms with Crippen molar-refractivity contribution in [2.24, 2.45) is 0 Å². The molecule has 0 saturated heterocycles. The Balaban J connectivity index is 2.07. The number of amides is 1. The van der Waals surface area contributed by atoms with Gasteiger partial charge in [-0.05, 0) is 31.0 Å². The number of fused-ring (bicyclic) bond motifs is 1. The Hall–Kier alpha value is -1.22. The second-order valence-corrected chi connectivity index (χ2v) is 4.29. The van der Waals surface area contributed by atoms with E-state index in [-0.39, 0.29) is 11.4 Å². The molecule has 3 rings (SSSR count). The first-order chi connectivity index (χ1) is 6.70. The summed E-state index contributed by atoms with van der Waals surface area (Å²) in [4.78, 5) is 11.6. The van der Waals surface area contributed by atoms with Crippen molar-refractivity contribution in [2.75, 3.05) is 10.6 Å². The molecule has 1 aromatic rings. The molecule has 1 fully saturated rings. The Bertz CT molecular complexity index is 426. The number of anilines is 2. The molecule has 4 heteroatoms. The van der Waals surface area contributed by atoms with Crippen molar-refractivity contribution in [3.8, 4) is 0 Å². The van der Waals surface area contributed by atoms with Gasteiger partial charge in [-0.15, -0.1) is 0 Å². The number of carbonyl (C=O) groups is 1. The SMILES string of the molecule is O=C1Nc2ccc(Cl)cc2NC12CC2. The summed E-state index contributed by atoms with van der Waals surface area (Å²) >= 11 is 5.87. The molecule has 1 aliphatic heterocycles. The number of halogens is 1. The number of benzene rings is 1. The van der Waals surface area contributed by atoms with Crippen LogP contribution in [0.1, 0.15) is 12.8 Å². The number of hydrogen-bond donors (Lipinski definition) is 2. The van der Waals surface area contributed by atoms with Crippen molar-refractivity contribution < 1.29 is 4.79 Å². The molecule has 0 bridgehead atoms. The summed E-state index contributed by atoms with van der Waals surface area (Å²) in [5.41, 5.74) is 1.41. The van der Waals surface area contributed by atoms with E-state index >= 15 is 0 Å². The summed E-state index contributed by atoms with van der Waals surface area (Å²) in [6, 6.07) is 5.43. The maximum atomic E-state index is 11.6. The van der Waals surface area contributed by atoms with Gasteiger partial charge in [-0.25, -0.2) is 0 Å². The minimum Gasteiger partial charge on any atom is -0.369 e. The molecule has 0 atom stereocenters. The zero-order chi connectivity index (χ0) is 9.76. The highest BCUT2D eigenvalue weighted by Crippen LogP contribution is 2.45. The lowest BCUT2D eigenvalue weighted by Crippen LogP contribution is -2.40. The first-order valence-corrected chi connectivity index (χ1v) is 4.97. The van der Waals surface area contributed by atoms with Crippen LogP contribution in [-0.2, 0) is 4.79 Å². The van der Waals surface area contributed by atoms with Crippen molar-refractivity contribution >= 4 is 28.9 Å². The smallest absolute Gasteiger partial charge is 0.250 e. The summed E-state index contributed by atoms with van der Waals surface area (Å²) in [5.74, 6) is 0.0762. The predicted molar refractivity (Wildman–Crippen MR) is 55.7 cm³/mol. The number of carbonyl (C=O) groups excluding carboxylic acids is 1. The molecule has 2 N–H and O–H groups in total. The van der Waals surface area contributed by atoms with Gasteiger partial charge in [-0.1, -0.05) is 11.6 Å². The lowest BCUT2D eigenvalue weighted by Gasteiger charge is -2.26. The molecule has 0 unspecified atom stereocenters. The van der Waals surface area contributed by atoms with Crippen LogP contribution in [0.15, 0.2) is 18.2 Å². The number of nitrogens with one attached hydrogen (secondary N) is 2. The molecule has 1 spiro atoms. The maximum absolute atomic E-state index is 11.6. The molecule has 0 aromatic heterocycles. The molecule has 1 heterocycles. The third-order valence-corrected chi connectivity index (χ3v) is 3.02. The average Bonchev–Trinajstić information content (AvgIpc) is 2.89. The third-order valence-electron chi connectivity index (χ3n) is 2.79. The van der Waals surface area contributed by atoms with Crippen LogP contribution in [0, 0.1) is 0 Å². The molecular weight excluding hydrogens is 200 g/mol. The van der Waals surface area contributed by atoms with Crippen molar-refractivity contribution in [3.05, 3.63) is 23.2 Å². The fraction of sp³-hybridized carbons (Fsp3) is 0.300. The van der Waals surface area contributed by atoms with Crippen LogP contribution in [-0.4, -0.2) is 11.4 Å². The number of rotatable bonds is 0. The zero-order valence-corrected chi connectivity index (χ0v) is 8.19. The van der Waals surface area contributed by atoms with Crippen molar-refractivity contribution in [1.82, 2.24) is 0 Å². The van der Waals surface area contributed by atoms with E-state index in [1.807, 2.05) is 12.1 Å². The lowest BCUT2D eigenvalue weighted by molar-refractivity contribution is -0.117. The van der Waals surface area contributed by atoms with Crippen LogP contribution < -0.4 is 10.6 Å². The molecule has 1 aromatic carbocycles. The fourth-order valence-corrected chi connectivity index (χ4v) is 1.93. The number of hydrogen-bond acceptors (Lipinski definition) is 2. The van der Waals surface area contributed by atoms with E-state index in [4.69, 9.17) is 11.6 Å². The molecule has 0 radical (unpaired) electrons. The first-order valence-electron chi connectivity index (χ1n) is 4.59. The van der Waals surface area contributed by atoms with Crippen LogP contribution in [0.2, 0.25) is 5.02 Å². The Labute approximate surface area is 86.4 Å². The van der Waals surface area contributed by atoms with Crippen LogP contribution in [0.4, 0.5) is 11.4 Å². The van der Waals surface area contributed by atoms with Crippen LogP contribution in [0.25, 0.3) is 0 Å². The minimum atomic E-state index is -0.336. The van der Waals surface area contributed by atoms with E-state index in [9.17, 15) is 4.79 Å². The quantitative estimate of drug-likeness (QED) is 0.687.